The van der Waals surface area contributed by atoms with Gasteiger partial charge in [-0.25, -0.2) is 32.2 Å². The molecule has 0 atom stereocenters. The first-order chi connectivity index (χ1) is 24.9. The fourth-order valence-corrected chi connectivity index (χ4v) is 7.37. The molecule has 0 bridgehead atoms. The van der Waals surface area contributed by atoms with Gasteiger partial charge in [0, 0.05) is 41.7 Å². The van der Waals surface area contributed by atoms with E-state index in [-0.39, 0.29) is 34.7 Å². The molecule has 1 fully saturated rings. The topological polar surface area (TPSA) is 165 Å². The largest absolute Gasteiger partial charge is 0.493 e. The summed E-state index contributed by atoms with van der Waals surface area (Å²) in [6.07, 6.45) is 4.07. The van der Waals surface area contributed by atoms with Crippen molar-refractivity contribution in [3.05, 3.63) is 94.1 Å². The van der Waals surface area contributed by atoms with Crippen molar-refractivity contribution >= 4 is 32.3 Å². The summed E-state index contributed by atoms with van der Waals surface area (Å²) in [5.41, 5.74) is 1.27. The van der Waals surface area contributed by atoms with E-state index in [9.17, 15) is 22.9 Å². The monoisotopic (exact) mass is 737 g/mol. The standard InChI is InChI=1S/C35H33F2N5O9S/c1-20-26-11-21(13-32(34(26)40-19-39-20)51-25-7-9-50-10-8-25)22-12-29(35(49-4)38-17-22)41(52(45,46)33-6-5-24(36)15-27(33)37)18-23-14-30(47-2)31(48-3)16-28(23)42(43)44/h5-6,11-17,19,25H,7-10,18H2,1-4H3. The fourth-order valence-electron chi connectivity index (χ4n) is 5.89. The minimum absolute atomic E-state index is 0.0209. The van der Waals surface area contributed by atoms with Crippen molar-refractivity contribution in [1.29, 1.82) is 0 Å². The van der Waals surface area contributed by atoms with Crippen molar-refractivity contribution < 1.29 is 45.8 Å². The Kier molecular flexibility index (Phi) is 10.3. The molecule has 0 amide bonds. The van der Waals surface area contributed by atoms with Crippen LogP contribution in [0.3, 0.4) is 0 Å². The van der Waals surface area contributed by atoms with Crippen LogP contribution in [0.1, 0.15) is 24.1 Å². The highest BCUT2D eigenvalue weighted by atomic mass is 32.2. The van der Waals surface area contributed by atoms with E-state index < -0.39 is 43.7 Å². The van der Waals surface area contributed by atoms with Gasteiger partial charge < -0.3 is 23.7 Å². The number of halogens is 2. The molecule has 14 nitrogen and oxygen atoms in total. The summed E-state index contributed by atoms with van der Waals surface area (Å²) < 4.78 is 86.8. The quantitative estimate of drug-likeness (QED) is 0.106. The summed E-state index contributed by atoms with van der Waals surface area (Å²) in [6.45, 7) is 2.16. The number of anilines is 1. The van der Waals surface area contributed by atoms with Crippen molar-refractivity contribution in [3.63, 3.8) is 0 Å². The second kappa shape index (κ2) is 14.9. The summed E-state index contributed by atoms with van der Waals surface area (Å²) in [6, 6.07) is 9.30. The molecule has 3 heterocycles. The summed E-state index contributed by atoms with van der Waals surface area (Å²) in [5, 5.41) is 12.9. The minimum atomic E-state index is -4.96. The number of fused-ring (bicyclic) bond motifs is 1. The van der Waals surface area contributed by atoms with Gasteiger partial charge in [-0.3, -0.25) is 14.4 Å². The predicted molar refractivity (Wildman–Crippen MR) is 184 cm³/mol. The van der Waals surface area contributed by atoms with Crippen LogP contribution in [-0.2, 0) is 21.3 Å². The van der Waals surface area contributed by atoms with E-state index >= 15 is 4.39 Å². The van der Waals surface area contributed by atoms with Crippen LogP contribution in [0.2, 0.25) is 0 Å². The van der Waals surface area contributed by atoms with Gasteiger partial charge in [-0.05, 0) is 48.9 Å². The van der Waals surface area contributed by atoms with Gasteiger partial charge in [-0.15, -0.1) is 0 Å². The maximum atomic E-state index is 15.3. The van der Waals surface area contributed by atoms with Gasteiger partial charge in [0.25, 0.3) is 15.7 Å². The molecule has 272 valence electrons. The molecule has 6 rings (SSSR count). The van der Waals surface area contributed by atoms with Crippen molar-refractivity contribution in [2.24, 2.45) is 0 Å². The lowest BCUT2D eigenvalue weighted by Gasteiger charge is -2.27. The SMILES string of the molecule is COc1cc(CN(c2cc(-c3cc(OC4CCOCC4)c4ncnc(C)c4c3)cnc2OC)S(=O)(=O)c2ccc(F)cc2F)c([N+](=O)[O-])cc1OC. The molecule has 52 heavy (non-hydrogen) atoms. The number of nitrogens with zero attached hydrogens (tertiary/aromatic N) is 5. The van der Waals surface area contributed by atoms with E-state index in [0.29, 0.717) is 69.9 Å². The maximum absolute atomic E-state index is 15.3. The van der Waals surface area contributed by atoms with Crippen LogP contribution in [0.15, 0.2) is 66.0 Å². The van der Waals surface area contributed by atoms with Crippen molar-refractivity contribution in [2.75, 3.05) is 38.8 Å². The Morgan fingerprint density at radius 2 is 1.65 bits per heavy atom. The number of aryl methyl sites for hydroxylation is 1. The van der Waals surface area contributed by atoms with Crippen LogP contribution in [0.5, 0.6) is 23.1 Å². The first-order valence-electron chi connectivity index (χ1n) is 15.9. The number of nitro groups is 1. The summed E-state index contributed by atoms with van der Waals surface area (Å²) in [4.78, 5) is 23.8. The number of benzene rings is 3. The van der Waals surface area contributed by atoms with Crippen LogP contribution >= 0.6 is 0 Å². The van der Waals surface area contributed by atoms with E-state index in [0.717, 1.165) is 18.2 Å². The number of hydrogen-bond acceptors (Lipinski definition) is 12. The van der Waals surface area contributed by atoms with Gasteiger partial charge in [0.1, 0.15) is 45.9 Å². The Labute approximate surface area is 297 Å². The van der Waals surface area contributed by atoms with E-state index in [1.165, 1.54) is 46.0 Å². The van der Waals surface area contributed by atoms with E-state index in [1.807, 2.05) is 6.92 Å². The number of nitro benzene ring substituents is 1. The van der Waals surface area contributed by atoms with E-state index in [4.69, 9.17) is 23.7 Å². The second-order valence-electron chi connectivity index (χ2n) is 11.7. The third kappa shape index (κ3) is 7.09. The van der Waals surface area contributed by atoms with Crippen LogP contribution in [0.4, 0.5) is 20.2 Å². The van der Waals surface area contributed by atoms with Gasteiger partial charge in [0.15, 0.2) is 11.5 Å². The lowest BCUT2D eigenvalue weighted by atomic mass is 10.0. The Hall–Kier alpha value is -5.68. The number of hydrogen-bond donors (Lipinski definition) is 0. The molecular formula is C35H33F2N5O9S. The molecule has 3 aromatic carbocycles. The molecule has 17 heteroatoms. The summed E-state index contributed by atoms with van der Waals surface area (Å²) >= 11 is 0. The summed E-state index contributed by atoms with van der Waals surface area (Å²) in [7, 11) is -1.11. The normalized spacial score (nSPS) is 13.5. The van der Waals surface area contributed by atoms with E-state index in [1.54, 1.807) is 12.1 Å². The first-order valence-corrected chi connectivity index (χ1v) is 17.3. The molecular weight excluding hydrogens is 704 g/mol. The maximum Gasteiger partial charge on any atom is 0.278 e. The third-order valence-electron chi connectivity index (χ3n) is 8.55. The van der Waals surface area contributed by atoms with Crippen LogP contribution in [0, 0.1) is 28.7 Å². The number of pyridine rings is 1. The fraction of sp³-hybridized carbons (Fsp3) is 0.286. The molecule has 5 aromatic rings. The first kappa shape index (κ1) is 36.1. The van der Waals surface area contributed by atoms with Crippen molar-refractivity contribution in [1.82, 2.24) is 15.0 Å². The Balaban J connectivity index is 1.57. The molecule has 0 aliphatic carbocycles. The molecule has 0 radical (unpaired) electrons. The summed E-state index contributed by atoms with van der Waals surface area (Å²) in [5.74, 6) is -2.05. The smallest absolute Gasteiger partial charge is 0.278 e. The van der Waals surface area contributed by atoms with Crippen LogP contribution in [0.25, 0.3) is 22.0 Å². The molecule has 0 unspecified atom stereocenters. The molecule has 1 aliphatic rings. The zero-order valence-corrected chi connectivity index (χ0v) is 29.3. The van der Waals surface area contributed by atoms with Gasteiger partial charge in [0.2, 0.25) is 5.88 Å². The number of sulfonamides is 1. The highest BCUT2D eigenvalue weighted by Crippen LogP contribution is 2.41. The minimum Gasteiger partial charge on any atom is -0.493 e. The van der Waals surface area contributed by atoms with Crippen LogP contribution < -0.4 is 23.3 Å². The van der Waals surface area contributed by atoms with Crippen molar-refractivity contribution in [3.8, 4) is 34.3 Å². The van der Waals surface area contributed by atoms with Gasteiger partial charge in [-0.1, -0.05) is 0 Å². The van der Waals surface area contributed by atoms with Gasteiger partial charge >= 0.3 is 0 Å². The van der Waals surface area contributed by atoms with Crippen molar-refractivity contribution in [2.45, 2.75) is 37.3 Å². The Morgan fingerprint density at radius 3 is 2.33 bits per heavy atom. The zero-order valence-electron chi connectivity index (χ0n) is 28.5. The number of methoxy groups -OCH3 is 3. The third-order valence-corrected chi connectivity index (χ3v) is 10.3. The molecule has 2 aromatic heterocycles. The molecule has 0 N–H and O–H groups in total. The Morgan fingerprint density at radius 1 is 0.923 bits per heavy atom. The number of aromatic nitrogens is 3. The van der Waals surface area contributed by atoms with E-state index in [2.05, 4.69) is 15.0 Å². The number of rotatable bonds is 12. The molecule has 0 spiro atoms. The predicted octanol–water partition coefficient (Wildman–Crippen LogP) is 6.17. The molecule has 1 aliphatic heterocycles. The molecule has 0 saturated carbocycles. The van der Waals surface area contributed by atoms with Crippen LogP contribution in [-0.4, -0.2) is 68.9 Å². The average Bonchev–Trinajstić information content (AvgIpc) is 3.13. The van der Waals surface area contributed by atoms with Gasteiger partial charge in [-0.2, -0.15) is 0 Å². The molecule has 1 saturated heterocycles. The average molecular weight is 738 g/mol. The highest BCUT2D eigenvalue weighted by molar-refractivity contribution is 7.92. The zero-order chi connectivity index (χ0) is 37.2. The highest BCUT2D eigenvalue weighted by Gasteiger charge is 2.34. The second-order valence-corrected chi connectivity index (χ2v) is 13.5. The lowest BCUT2D eigenvalue weighted by Crippen LogP contribution is -2.32. The van der Waals surface area contributed by atoms with Gasteiger partial charge in [0.05, 0.1) is 57.6 Å². The Bertz CT molecular complexity index is 2270. The number of ether oxygens (including phenoxy) is 5. The lowest BCUT2D eigenvalue weighted by molar-refractivity contribution is -0.385.